The molecule has 0 fully saturated rings. The summed E-state index contributed by atoms with van der Waals surface area (Å²) in [6.45, 7) is 3.95. The topological polar surface area (TPSA) is 29.1 Å². The van der Waals surface area contributed by atoms with Crippen LogP contribution in [0.25, 0.3) is 0 Å². The third-order valence-corrected chi connectivity index (χ3v) is 3.02. The van der Waals surface area contributed by atoms with Crippen molar-refractivity contribution in [2.75, 3.05) is 0 Å². The standard InChI is InChI=1S/C14H16BrNO/c1-4-6-12(5-2)16-14(17)13-9-11(15)8-7-10(13)3/h2,7-9,12H,4,6H2,1,3H3,(H,16,17). The fourth-order valence-electron chi connectivity index (χ4n) is 1.56. The highest BCUT2D eigenvalue weighted by molar-refractivity contribution is 9.10. The van der Waals surface area contributed by atoms with Crippen molar-refractivity contribution in [3.8, 4) is 12.3 Å². The molecule has 0 spiro atoms. The van der Waals surface area contributed by atoms with Crippen LogP contribution in [0.5, 0.6) is 0 Å². The third kappa shape index (κ3) is 3.90. The lowest BCUT2D eigenvalue weighted by molar-refractivity contribution is 0.0943. The number of aryl methyl sites for hydroxylation is 1. The number of benzene rings is 1. The van der Waals surface area contributed by atoms with Crippen LogP contribution in [0.2, 0.25) is 0 Å². The quantitative estimate of drug-likeness (QED) is 0.848. The van der Waals surface area contributed by atoms with Crippen molar-refractivity contribution in [2.24, 2.45) is 0 Å². The van der Waals surface area contributed by atoms with Gasteiger partial charge in [-0.25, -0.2) is 0 Å². The number of hydrogen-bond donors (Lipinski definition) is 1. The van der Waals surface area contributed by atoms with E-state index in [1.165, 1.54) is 0 Å². The number of terminal acetylenes is 1. The Labute approximate surface area is 111 Å². The SMILES string of the molecule is C#CC(CCC)NC(=O)c1cc(Br)ccc1C. The van der Waals surface area contributed by atoms with Crippen molar-refractivity contribution in [1.82, 2.24) is 5.32 Å². The van der Waals surface area contributed by atoms with Gasteiger partial charge < -0.3 is 5.32 Å². The molecule has 0 aliphatic rings. The zero-order valence-electron chi connectivity index (χ0n) is 10.1. The van der Waals surface area contributed by atoms with Crippen molar-refractivity contribution in [3.05, 3.63) is 33.8 Å². The molecule has 1 rings (SSSR count). The van der Waals surface area contributed by atoms with E-state index >= 15 is 0 Å². The van der Waals surface area contributed by atoms with Crippen LogP contribution in [0.15, 0.2) is 22.7 Å². The Morgan fingerprint density at radius 3 is 2.88 bits per heavy atom. The van der Waals surface area contributed by atoms with Crippen LogP contribution >= 0.6 is 15.9 Å². The number of carbonyl (C=O) groups is 1. The van der Waals surface area contributed by atoms with Crippen molar-refractivity contribution < 1.29 is 4.79 Å². The number of carbonyl (C=O) groups excluding carboxylic acids is 1. The van der Waals surface area contributed by atoms with Crippen LogP contribution in [-0.4, -0.2) is 11.9 Å². The van der Waals surface area contributed by atoms with E-state index < -0.39 is 0 Å². The van der Waals surface area contributed by atoms with Crippen molar-refractivity contribution >= 4 is 21.8 Å². The lowest BCUT2D eigenvalue weighted by atomic mass is 10.1. The Balaban J connectivity index is 2.83. The van der Waals surface area contributed by atoms with E-state index in [-0.39, 0.29) is 11.9 Å². The van der Waals surface area contributed by atoms with E-state index in [1.807, 2.05) is 32.0 Å². The first-order valence-electron chi connectivity index (χ1n) is 5.61. The second kappa shape index (κ2) is 6.46. The average Bonchev–Trinajstić information content (AvgIpc) is 2.31. The molecule has 0 aromatic heterocycles. The average molecular weight is 294 g/mol. The molecule has 90 valence electrons. The van der Waals surface area contributed by atoms with Gasteiger partial charge in [0, 0.05) is 10.0 Å². The fraction of sp³-hybridized carbons (Fsp3) is 0.357. The van der Waals surface area contributed by atoms with Gasteiger partial charge in [0.25, 0.3) is 5.91 Å². The summed E-state index contributed by atoms with van der Waals surface area (Å²) >= 11 is 3.36. The molecule has 17 heavy (non-hydrogen) atoms. The Bertz CT molecular complexity index is 448. The van der Waals surface area contributed by atoms with Crippen LogP contribution in [0.4, 0.5) is 0 Å². The molecule has 1 aromatic carbocycles. The summed E-state index contributed by atoms with van der Waals surface area (Å²) in [5.41, 5.74) is 1.61. The molecule has 0 aliphatic heterocycles. The first kappa shape index (κ1) is 13.8. The van der Waals surface area contributed by atoms with Gasteiger partial charge in [-0.2, -0.15) is 0 Å². The summed E-state index contributed by atoms with van der Waals surface area (Å²) in [5.74, 6) is 2.48. The fourth-order valence-corrected chi connectivity index (χ4v) is 1.92. The van der Waals surface area contributed by atoms with Gasteiger partial charge in [0.1, 0.15) is 0 Å². The maximum atomic E-state index is 12.0. The molecule has 1 N–H and O–H groups in total. The monoisotopic (exact) mass is 293 g/mol. The van der Waals surface area contributed by atoms with Crippen molar-refractivity contribution in [3.63, 3.8) is 0 Å². The van der Waals surface area contributed by atoms with Gasteiger partial charge in [-0.1, -0.05) is 41.3 Å². The van der Waals surface area contributed by atoms with Gasteiger partial charge in [0.2, 0.25) is 0 Å². The molecule has 3 heteroatoms. The summed E-state index contributed by atoms with van der Waals surface area (Å²) in [6, 6.07) is 5.44. The van der Waals surface area contributed by atoms with Gasteiger partial charge >= 0.3 is 0 Å². The normalized spacial score (nSPS) is 11.6. The van der Waals surface area contributed by atoms with Gasteiger partial charge in [-0.15, -0.1) is 6.42 Å². The number of nitrogens with one attached hydrogen (secondary N) is 1. The Morgan fingerprint density at radius 2 is 2.29 bits per heavy atom. The Kier molecular flexibility index (Phi) is 5.24. The smallest absolute Gasteiger partial charge is 0.252 e. The lowest BCUT2D eigenvalue weighted by Crippen LogP contribution is -2.34. The van der Waals surface area contributed by atoms with E-state index in [1.54, 1.807) is 0 Å². The highest BCUT2D eigenvalue weighted by Crippen LogP contribution is 2.16. The zero-order valence-corrected chi connectivity index (χ0v) is 11.7. The molecular weight excluding hydrogens is 278 g/mol. The van der Waals surface area contributed by atoms with Crippen molar-refractivity contribution in [1.29, 1.82) is 0 Å². The molecule has 1 unspecified atom stereocenters. The minimum Gasteiger partial charge on any atom is -0.338 e. The molecule has 1 amide bonds. The first-order valence-corrected chi connectivity index (χ1v) is 6.41. The molecule has 1 aromatic rings. The molecule has 0 saturated carbocycles. The number of amides is 1. The van der Waals surface area contributed by atoms with Gasteiger partial charge in [-0.3, -0.25) is 4.79 Å². The summed E-state index contributed by atoms with van der Waals surface area (Å²) < 4.78 is 0.890. The molecule has 0 heterocycles. The van der Waals surface area contributed by atoms with E-state index in [9.17, 15) is 4.79 Å². The lowest BCUT2D eigenvalue weighted by Gasteiger charge is -2.13. The predicted molar refractivity (Wildman–Crippen MR) is 73.9 cm³/mol. The minimum atomic E-state index is -0.189. The highest BCUT2D eigenvalue weighted by Gasteiger charge is 2.13. The molecule has 0 radical (unpaired) electrons. The number of halogens is 1. The van der Waals surface area contributed by atoms with E-state index in [4.69, 9.17) is 6.42 Å². The largest absolute Gasteiger partial charge is 0.338 e. The summed E-state index contributed by atoms with van der Waals surface area (Å²) in [7, 11) is 0. The zero-order chi connectivity index (χ0) is 12.8. The molecule has 0 aliphatic carbocycles. The maximum absolute atomic E-state index is 12.0. The summed E-state index contributed by atoms with van der Waals surface area (Å²) in [6.07, 6.45) is 7.13. The van der Waals surface area contributed by atoms with Gasteiger partial charge in [0.15, 0.2) is 0 Å². The van der Waals surface area contributed by atoms with Gasteiger partial charge in [-0.05, 0) is 31.0 Å². The van der Waals surface area contributed by atoms with Crippen LogP contribution < -0.4 is 5.32 Å². The van der Waals surface area contributed by atoms with Crippen LogP contribution in [0.3, 0.4) is 0 Å². The molecular formula is C14H16BrNO. The first-order chi connectivity index (χ1) is 8.08. The Morgan fingerprint density at radius 1 is 1.59 bits per heavy atom. The molecule has 0 bridgehead atoms. The maximum Gasteiger partial charge on any atom is 0.252 e. The van der Waals surface area contributed by atoms with Gasteiger partial charge in [0.05, 0.1) is 6.04 Å². The predicted octanol–water partition coefficient (Wildman–Crippen LogP) is 3.29. The van der Waals surface area contributed by atoms with E-state index in [0.29, 0.717) is 5.56 Å². The summed E-state index contributed by atoms with van der Waals surface area (Å²) in [4.78, 5) is 12.0. The van der Waals surface area contributed by atoms with E-state index in [0.717, 1.165) is 22.9 Å². The van der Waals surface area contributed by atoms with Crippen LogP contribution in [-0.2, 0) is 0 Å². The molecule has 1 atom stereocenters. The second-order valence-corrected chi connectivity index (χ2v) is 4.86. The Hall–Kier alpha value is -1.27. The molecule has 0 saturated heterocycles. The van der Waals surface area contributed by atoms with Crippen LogP contribution in [0.1, 0.15) is 35.7 Å². The molecule has 2 nitrogen and oxygen atoms in total. The highest BCUT2D eigenvalue weighted by atomic mass is 79.9. The van der Waals surface area contributed by atoms with Crippen molar-refractivity contribution in [2.45, 2.75) is 32.7 Å². The number of rotatable bonds is 4. The minimum absolute atomic E-state index is 0.111. The van der Waals surface area contributed by atoms with E-state index in [2.05, 4.69) is 27.2 Å². The number of hydrogen-bond acceptors (Lipinski definition) is 1. The second-order valence-electron chi connectivity index (χ2n) is 3.94. The van der Waals surface area contributed by atoms with Crippen LogP contribution in [0, 0.1) is 19.3 Å². The summed E-state index contributed by atoms with van der Waals surface area (Å²) in [5, 5.41) is 2.86. The third-order valence-electron chi connectivity index (χ3n) is 2.53.